The van der Waals surface area contributed by atoms with E-state index < -0.39 is 17.9 Å². The molecular formula is C26H58Li2N4O12Si2. The molecule has 0 aliphatic carbocycles. The van der Waals surface area contributed by atoms with Crippen molar-refractivity contribution in [2.24, 2.45) is 0 Å². The summed E-state index contributed by atoms with van der Waals surface area (Å²) in [6, 6.07) is 0. The van der Waals surface area contributed by atoms with Crippen LogP contribution in [0.25, 0.3) is 10.6 Å². The van der Waals surface area contributed by atoms with Crippen molar-refractivity contribution in [1.82, 2.24) is 9.13 Å². The number of ether oxygens (including phenoxy) is 6. The van der Waals surface area contributed by atoms with Gasteiger partial charge in [0, 0.05) is 69.2 Å². The summed E-state index contributed by atoms with van der Waals surface area (Å²) < 4.78 is 68.5. The monoisotopic (exact) mass is 688 g/mol. The Bertz CT molecular complexity index is 611. The first-order valence-corrected chi connectivity index (χ1v) is 17.4. The van der Waals surface area contributed by atoms with Crippen molar-refractivity contribution in [2.45, 2.75) is 0 Å². The van der Waals surface area contributed by atoms with Gasteiger partial charge in [0.05, 0.1) is 79.3 Å². The average Bonchev–Trinajstić information content (AvgIpc) is 3.30. The third kappa shape index (κ3) is 25.8. The average molecular weight is 689 g/mol. The van der Waals surface area contributed by atoms with E-state index in [1.807, 2.05) is 35.6 Å². The van der Waals surface area contributed by atoms with E-state index >= 15 is 0 Å². The topological polar surface area (TPSA) is 145 Å². The minimum Gasteiger partial charge on any atom is -0.695 e. The van der Waals surface area contributed by atoms with E-state index in [9.17, 15) is 0 Å². The number of methoxy groups -OCH3 is 6. The van der Waals surface area contributed by atoms with Crippen molar-refractivity contribution >= 4 is 17.9 Å². The molecule has 264 valence electrons. The van der Waals surface area contributed by atoms with Gasteiger partial charge in [0.2, 0.25) is 0 Å². The van der Waals surface area contributed by atoms with Crippen molar-refractivity contribution < 1.29 is 92.7 Å². The predicted octanol–water partition coefficient (Wildman–Crippen LogP) is -4.36. The van der Waals surface area contributed by atoms with Crippen LogP contribution >= 0.6 is 0 Å². The third-order valence-corrected chi connectivity index (χ3v) is 10.7. The molecule has 0 aromatic rings. The zero-order valence-corrected chi connectivity index (χ0v) is 32.5. The summed E-state index contributed by atoms with van der Waals surface area (Å²) in [6.45, 7) is 5.10. The second kappa shape index (κ2) is 37.6. The van der Waals surface area contributed by atoms with Gasteiger partial charge in [-0.25, -0.2) is 12.4 Å². The van der Waals surface area contributed by atoms with Gasteiger partial charge in [-0.2, -0.15) is 0 Å². The SMILES string of the molecule is COCCO[Si](OCCOC)(OCCOC)OCCOC.COCCO[Si]1(OCCOC)N(C)C=CN1C.C[N-]/C=C\[N-]C.[Li+].[Li+]. The Kier molecular flexibility index (Phi) is 43.1. The molecule has 46 heavy (non-hydrogen) atoms. The van der Waals surface area contributed by atoms with Crippen LogP contribution in [0.4, 0.5) is 0 Å². The summed E-state index contributed by atoms with van der Waals surface area (Å²) in [6.07, 6.45) is 7.21. The molecular weight excluding hydrogens is 630 g/mol. The number of hydrogen-bond donors (Lipinski definition) is 0. The minimum absolute atomic E-state index is 0. The van der Waals surface area contributed by atoms with E-state index in [1.165, 1.54) is 0 Å². The maximum Gasteiger partial charge on any atom is 1.00 e. The molecule has 0 aromatic heterocycles. The second-order valence-electron chi connectivity index (χ2n) is 8.43. The Morgan fingerprint density at radius 3 is 1.00 bits per heavy atom. The van der Waals surface area contributed by atoms with Crippen LogP contribution < -0.4 is 37.7 Å². The summed E-state index contributed by atoms with van der Waals surface area (Å²) in [5.74, 6) is 0. The Balaban J connectivity index is -0.000000317. The van der Waals surface area contributed by atoms with E-state index in [1.54, 1.807) is 69.2 Å². The van der Waals surface area contributed by atoms with Gasteiger partial charge in [0.25, 0.3) is 0 Å². The first-order valence-electron chi connectivity index (χ1n) is 14.1. The van der Waals surface area contributed by atoms with E-state index in [4.69, 9.17) is 55.0 Å². The van der Waals surface area contributed by atoms with Gasteiger partial charge in [-0.15, -0.1) is 14.1 Å². The van der Waals surface area contributed by atoms with Gasteiger partial charge in [0.15, 0.2) is 0 Å². The van der Waals surface area contributed by atoms with Gasteiger partial charge in [-0.3, -0.25) is 0 Å². The van der Waals surface area contributed by atoms with E-state index in [-0.39, 0.29) is 37.7 Å². The summed E-state index contributed by atoms with van der Waals surface area (Å²) in [7, 11) is 11.3. The van der Waals surface area contributed by atoms with E-state index in [0.29, 0.717) is 79.3 Å². The molecule has 1 aliphatic rings. The van der Waals surface area contributed by atoms with Crippen molar-refractivity contribution in [3.05, 3.63) is 35.4 Å². The summed E-state index contributed by atoms with van der Waals surface area (Å²) in [5, 5.41) is 7.30. The fourth-order valence-corrected chi connectivity index (χ4v) is 7.42. The van der Waals surface area contributed by atoms with Crippen LogP contribution in [0, 0.1) is 0 Å². The standard InChI is InChI=1S/C12H28O8Si.C10H22N2O4Si.C4H8N2.2Li/c1-13-5-9-17-21(18-10-6-14-2,19-11-7-15-3)20-12-8-16-4;1-11-5-6-12(2)17(11,15-9-7-13-3)16-10-8-14-4;1-5-3-4-6-2;;/h5-12H2,1-4H3;5-6H,7-10H2,1-4H3;3-4H,1-2H3;;/q;;-2;2*+1/b;;4-3-;;. The molecule has 0 amide bonds. The van der Waals surface area contributed by atoms with E-state index in [0.717, 1.165) is 0 Å². The maximum absolute atomic E-state index is 5.93. The van der Waals surface area contributed by atoms with Crippen molar-refractivity contribution in [2.75, 3.05) is 150 Å². The van der Waals surface area contributed by atoms with Crippen molar-refractivity contribution in [3.63, 3.8) is 0 Å². The van der Waals surface area contributed by atoms with Gasteiger partial charge in [-0.05, 0) is 0 Å². The zero-order valence-electron chi connectivity index (χ0n) is 30.5. The number of nitrogens with zero attached hydrogens (tertiary/aromatic N) is 4. The minimum atomic E-state index is -3.26. The summed E-state index contributed by atoms with van der Waals surface area (Å²) in [5.41, 5.74) is 0. The van der Waals surface area contributed by atoms with Crippen molar-refractivity contribution in [3.8, 4) is 0 Å². The molecule has 0 saturated carbocycles. The van der Waals surface area contributed by atoms with Crippen LogP contribution in [-0.4, -0.2) is 177 Å². The van der Waals surface area contributed by atoms with Gasteiger partial charge < -0.3 is 74.7 Å². The number of rotatable bonds is 26. The molecule has 1 heterocycles. The van der Waals surface area contributed by atoms with Crippen LogP contribution in [0.5, 0.6) is 0 Å². The van der Waals surface area contributed by atoms with Crippen LogP contribution in [0.1, 0.15) is 0 Å². The van der Waals surface area contributed by atoms with Gasteiger partial charge >= 0.3 is 55.7 Å². The molecule has 1 rings (SSSR count). The molecule has 1 aliphatic heterocycles. The molecule has 0 spiro atoms. The number of hydrogen-bond acceptors (Lipinski definition) is 14. The second-order valence-corrected chi connectivity index (χ2v) is 13.7. The quantitative estimate of drug-likeness (QED) is 0.0638. The van der Waals surface area contributed by atoms with Crippen LogP contribution in [0.2, 0.25) is 0 Å². The maximum atomic E-state index is 5.93. The fraction of sp³-hybridized carbons (Fsp3) is 0.846. The predicted molar refractivity (Wildman–Crippen MR) is 171 cm³/mol. The van der Waals surface area contributed by atoms with Crippen LogP contribution in [-0.2, 0) is 55.0 Å². The Hall–Kier alpha value is -0.171. The molecule has 0 aromatic carbocycles. The van der Waals surface area contributed by atoms with Crippen molar-refractivity contribution in [1.29, 1.82) is 0 Å². The van der Waals surface area contributed by atoms with Crippen LogP contribution in [0.3, 0.4) is 0 Å². The Morgan fingerprint density at radius 2 is 0.761 bits per heavy atom. The van der Waals surface area contributed by atoms with E-state index in [2.05, 4.69) is 10.6 Å². The van der Waals surface area contributed by atoms with Crippen LogP contribution in [0.15, 0.2) is 24.8 Å². The van der Waals surface area contributed by atoms with Gasteiger partial charge in [-0.1, -0.05) is 0 Å². The van der Waals surface area contributed by atoms with Gasteiger partial charge in [0.1, 0.15) is 0 Å². The third-order valence-electron chi connectivity index (χ3n) is 5.19. The molecule has 0 bridgehead atoms. The first-order chi connectivity index (χ1) is 21.3. The smallest absolute Gasteiger partial charge is 0.695 e. The first kappa shape index (κ1) is 52.6. The molecule has 0 fully saturated rings. The molecule has 0 N–H and O–H groups in total. The Labute approximate surface area is 304 Å². The molecule has 16 nitrogen and oxygen atoms in total. The molecule has 0 radical (unpaired) electrons. The largest absolute Gasteiger partial charge is 1.00 e. The summed E-state index contributed by atoms with van der Waals surface area (Å²) in [4.78, 5) is 0. The zero-order chi connectivity index (χ0) is 33.4. The molecule has 0 saturated heterocycles. The molecule has 20 heteroatoms. The Morgan fingerprint density at radius 1 is 0.500 bits per heavy atom. The molecule has 0 unspecified atom stereocenters. The molecule has 0 atom stereocenters. The summed E-state index contributed by atoms with van der Waals surface area (Å²) >= 11 is 0. The normalized spacial score (nSPS) is 13.3. The fourth-order valence-electron chi connectivity index (χ4n) is 2.99.